The summed E-state index contributed by atoms with van der Waals surface area (Å²) < 4.78 is 0. The van der Waals surface area contributed by atoms with Crippen LogP contribution >= 0.6 is 11.3 Å². The van der Waals surface area contributed by atoms with Crippen LogP contribution in [0.2, 0.25) is 0 Å². The summed E-state index contributed by atoms with van der Waals surface area (Å²) in [7, 11) is 0. The molecule has 1 unspecified atom stereocenters. The number of aryl methyl sites for hydroxylation is 1. The molecule has 0 aliphatic rings. The molecule has 1 heterocycles. The van der Waals surface area contributed by atoms with E-state index in [9.17, 15) is 4.79 Å². The van der Waals surface area contributed by atoms with Gasteiger partial charge in [0.15, 0.2) is 0 Å². The molecule has 0 saturated carbocycles. The fraction of sp³-hybridized carbons (Fsp3) is 0.500. The minimum absolute atomic E-state index is 0.0997. The van der Waals surface area contributed by atoms with E-state index in [2.05, 4.69) is 16.7 Å². The van der Waals surface area contributed by atoms with Crippen LogP contribution in [-0.2, 0) is 0 Å². The molecule has 98 valence electrons. The predicted molar refractivity (Wildman–Crippen MR) is 71.8 cm³/mol. The van der Waals surface area contributed by atoms with Gasteiger partial charge in [0.25, 0.3) is 0 Å². The van der Waals surface area contributed by atoms with Crippen LogP contribution in [0.1, 0.15) is 29.3 Å². The fourth-order valence-corrected chi connectivity index (χ4v) is 2.46. The molecule has 1 rings (SSSR count). The Hall–Kier alpha value is -1.58. The number of thiophene rings is 1. The maximum Gasteiger partial charge on any atom is 0.320 e. The number of anilines is 1. The number of aliphatic hydroxyl groups is 1. The minimum Gasteiger partial charge on any atom is -0.394 e. The lowest BCUT2D eigenvalue weighted by Crippen LogP contribution is -2.39. The molecule has 5 nitrogen and oxygen atoms in total. The average Bonchev–Trinajstić information content (AvgIpc) is 2.61. The van der Waals surface area contributed by atoms with Crippen LogP contribution in [0.5, 0.6) is 0 Å². The Labute approximate surface area is 110 Å². The number of carbonyl (C=O) groups excluding carboxylic acids is 1. The van der Waals surface area contributed by atoms with Crippen molar-refractivity contribution in [1.82, 2.24) is 5.32 Å². The van der Waals surface area contributed by atoms with Crippen molar-refractivity contribution in [3.8, 4) is 6.07 Å². The number of aliphatic hydroxyl groups excluding tert-OH is 1. The summed E-state index contributed by atoms with van der Waals surface area (Å²) in [4.78, 5) is 12.7. The summed E-state index contributed by atoms with van der Waals surface area (Å²) in [5.74, 6) is 0. The van der Waals surface area contributed by atoms with E-state index in [1.54, 1.807) is 0 Å². The van der Waals surface area contributed by atoms with Crippen LogP contribution in [0.15, 0.2) is 0 Å². The Kier molecular flexibility index (Phi) is 5.13. The van der Waals surface area contributed by atoms with Crippen molar-refractivity contribution in [1.29, 1.82) is 5.26 Å². The zero-order valence-corrected chi connectivity index (χ0v) is 11.5. The highest BCUT2D eigenvalue weighted by atomic mass is 32.1. The van der Waals surface area contributed by atoms with Gasteiger partial charge in [0.1, 0.15) is 11.1 Å². The first-order chi connectivity index (χ1) is 8.53. The molecule has 1 aromatic heterocycles. The van der Waals surface area contributed by atoms with E-state index in [4.69, 9.17) is 10.4 Å². The van der Waals surface area contributed by atoms with E-state index in [1.165, 1.54) is 11.3 Å². The molecule has 1 aromatic rings. The largest absolute Gasteiger partial charge is 0.394 e. The quantitative estimate of drug-likeness (QED) is 0.781. The Morgan fingerprint density at radius 2 is 2.22 bits per heavy atom. The molecule has 0 saturated heterocycles. The summed E-state index contributed by atoms with van der Waals surface area (Å²) in [5, 5.41) is 23.9. The van der Waals surface area contributed by atoms with Gasteiger partial charge >= 0.3 is 6.03 Å². The molecule has 0 aromatic carbocycles. The van der Waals surface area contributed by atoms with Crippen LogP contribution in [0, 0.1) is 25.2 Å². The molecule has 0 aliphatic carbocycles. The molecule has 6 heteroatoms. The van der Waals surface area contributed by atoms with Gasteiger partial charge in [0.2, 0.25) is 0 Å². The number of rotatable bonds is 4. The Morgan fingerprint density at radius 3 is 2.72 bits per heavy atom. The maximum absolute atomic E-state index is 11.7. The van der Waals surface area contributed by atoms with E-state index in [0.29, 0.717) is 17.0 Å². The summed E-state index contributed by atoms with van der Waals surface area (Å²) in [5.41, 5.74) is 1.40. The molecule has 0 aliphatic heterocycles. The maximum atomic E-state index is 11.7. The van der Waals surface area contributed by atoms with Crippen molar-refractivity contribution in [3.63, 3.8) is 0 Å². The topological polar surface area (TPSA) is 85.2 Å². The zero-order chi connectivity index (χ0) is 13.7. The molecule has 1 atom stereocenters. The first-order valence-electron chi connectivity index (χ1n) is 5.71. The third-order valence-corrected chi connectivity index (χ3v) is 3.90. The fourth-order valence-electron chi connectivity index (χ4n) is 1.45. The number of amides is 2. The van der Waals surface area contributed by atoms with Gasteiger partial charge in [-0.3, -0.25) is 5.32 Å². The van der Waals surface area contributed by atoms with Crippen LogP contribution < -0.4 is 10.6 Å². The lowest BCUT2D eigenvalue weighted by Gasteiger charge is -2.14. The lowest BCUT2D eigenvalue weighted by molar-refractivity contribution is 0.222. The highest BCUT2D eigenvalue weighted by molar-refractivity contribution is 7.16. The molecule has 0 fully saturated rings. The number of nitrogens with zero attached hydrogens (tertiary/aromatic N) is 1. The Bertz CT molecular complexity index is 472. The van der Waals surface area contributed by atoms with Crippen molar-refractivity contribution >= 4 is 22.4 Å². The van der Waals surface area contributed by atoms with Gasteiger partial charge in [-0.15, -0.1) is 11.3 Å². The third-order valence-electron chi connectivity index (χ3n) is 2.77. The van der Waals surface area contributed by atoms with E-state index in [-0.39, 0.29) is 12.6 Å². The first-order valence-corrected chi connectivity index (χ1v) is 6.53. The zero-order valence-electron chi connectivity index (χ0n) is 10.7. The van der Waals surface area contributed by atoms with Crippen LogP contribution in [0.4, 0.5) is 9.80 Å². The smallest absolute Gasteiger partial charge is 0.320 e. The molecule has 2 amide bonds. The van der Waals surface area contributed by atoms with Crippen molar-refractivity contribution in [3.05, 3.63) is 16.0 Å². The van der Waals surface area contributed by atoms with Crippen LogP contribution in [0.25, 0.3) is 0 Å². The Morgan fingerprint density at radius 1 is 1.56 bits per heavy atom. The summed E-state index contributed by atoms with van der Waals surface area (Å²) in [6.45, 7) is 5.54. The summed E-state index contributed by atoms with van der Waals surface area (Å²) in [6.07, 6.45) is 0.650. The van der Waals surface area contributed by atoms with E-state index < -0.39 is 6.03 Å². The van der Waals surface area contributed by atoms with Crippen molar-refractivity contribution in [2.24, 2.45) is 0 Å². The number of urea groups is 1. The number of nitriles is 1. The highest BCUT2D eigenvalue weighted by Gasteiger charge is 2.15. The number of hydrogen-bond acceptors (Lipinski definition) is 4. The molecular weight excluding hydrogens is 250 g/mol. The van der Waals surface area contributed by atoms with Crippen molar-refractivity contribution in [2.75, 3.05) is 11.9 Å². The first kappa shape index (κ1) is 14.5. The SMILES string of the molecule is CCC(CO)NC(=O)Nc1sc(C)c(C)c1C#N. The second kappa shape index (κ2) is 6.38. The van der Waals surface area contributed by atoms with Gasteiger partial charge < -0.3 is 10.4 Å². The normalized spacial score (nSPS) is 11.7. The number of hydrogen-bond donors (Lipinski definition) is 3. The molecule has 18 heavy (non-hydrogen) atoms. The van der Waals surface area contributed by atoms with Crippen LogP contribution in [-0.4, -0.2) is 23.8 Å². The van der Waals surface area contributed by atoms with E-state index in [1.807, 2.05) is 20.8 Å². The Balaban J connectivity index is 2.77. The molecule has 0 spiro atoms. The van der Waals surface area contributed by atoms with Gasteiger partial charge in [-0.25, -0.2) is 4.79 Å². The number of carbonyl (C=O) groups is 1. The van der Waals surface area contributed by atoms with Gasteiger partial charge in [0.05, 0.1) is 18.2 Å². The van der Waals surface area contributed by atoms with Gasteiger partial charge in [-0.2, -0.15) is 5.26 Å². The molecule has 0 bridgehead atoms. The van der Waals surface area contributed by atoms with Crippen LogP contribution in [0.3, 0.4) is 0 Å². The monoisotopic (exact) mass is 267 g/mol. The average molecular weight is 267 g/mol. The van der Waals surface area contributed by atoms with Crippen molar-refractivity contribution < 1.29 is 9.90 Å². The lowest BCUT2D eigenvalue weighted by atomic mass is 10.2. The minimum atomic E-state index is -0.395. The second-order valence-corrected chi connectivity index (χ2v) is 5.21. The molecule has 3 N–H and O–H groups in total. The summed E-state index contributed by atoms with van der Waals surface area (Å²) >= 11 is 1.38. The van der Waals surface area contributed by atoms with Gasteiger partial charge in [-0.1, -0.05) is 6.92 Å². The van der Waals surface area contributed by atoms with Gasteiger partial charge in [-0.05, 0) is 25.8 Å². The molecular formula is C12H17N3O2S. The predicted octanol–water partition coefficient (Wildman–Crippen LogP) is 2.13. The van der Waals surface area contributed by atoms with E-state index >= 15 is 0 Å². The number of nitrogens with one attached hydrogen (secondary N) is 2. The van der Waals surface area contributed by atoms with E-state index in [0.717, 1.165) is 10.4 Å². The second-order valence-electron chi connectivity index (χ2n) is 3.99. The highest BCUT2D eigenvalue weighted by Crippen LogP contribution is 2.31. The summed E-state index contributed by atoms with van der Waals surface area (Å²) in [6, 6.07) is 1.43. The van der Waals surface area contributed by atoms with Crippen molar-refractivity contribution in [2.45, 2.75) is 33.2 Å². The third kappa shape index (κ3) is 3.22. The standard InChI is InChI=1S/C12H17N3O2S/c1-4-9(6-16)14-12(17)15-11-10(5-13)7(2)8(3)18-11/h9,16H,4,6H2,1-3H3,(H2,14,15,17). The van der Waals surface area contributed by atoms with Gasteiger partial charge in [0, 0.05) is 4.88 Å². The molecule has 0 radical (unpaired) electrons.